The smallest absolute Gasteiger partial charge is 0.00191 e. The lowest BCUT2D eigenvalue weighted by molar-refractivity contribution is 0.216. The highest BCUT2D eigenvalue weighted by molar-refractivity contribution is 4.67. The van der Waals surface area contributed by atoms with E-state index < -0.39 is 0 Å². The van der Waals surface area contributed by atoms with Crippen molar-refractivity contribution in [2.45, 2.75) is 33.6 Å². The Balaban J connectivity index is 0.000000810. The summed E-state index contributed by atoms with van der Waals surface area (Å²) in [7, 11) is 2.21. The van der Waals surface area contributed by atoms with Gasteiger partial charge in [0.15, 0.2) is 0 Å². The molecule has 0 aromatic heterocycles. The molecule has 1 heteroatoms. The highest BCUT2D eigenvalue weighted by Gasteiger charge is 2.13. The number of hydrogen-bond acceptors (Lipinski definition) is 1. The van der Waals surface area contributed by atoms with Crippen molar-refractivity contribution in [3.05, 3.63) is 0 Å². The van der Waals surface area contributed by atoms with E-state index in [4.69, 9.17) is 0 Å². The van der Waals surface area contributed by atoms with Crippen molar-refractivity contribution in [3.63, 3.8) is 0 Å². The Morgan fingerprint density at radius 3 is 2.20 bits per heavy atom. The van der Waals surface area contributed by atoms with Crippen molar-refractivity contribution in [1.82, 2.24) is 4.90 Å². The molecule has 1 rings (SSSR count). The average molecular weight is 143 g/mol. The molecule has 1 heterocycles. The molecule has 10 heavy (non-hydrogen) atoms. The molecule has 0 radical (unpaired) electrons. The lowest BCUT2D eigenvalue weighted by Crippen LogP contribution is -2.29. The minimum absolute atomic E-state index is 0. The molecule has 0 saturated carbocycles. The SMILES string of the molecule is C.CCC1CCN(C)CC1. The van der Waals surface area contributed by atoms with Crippen molar-refractivity contribution in [1.29, 1.82) is 0 Å². The fraction of sp³-hybridized carbons (Fsp3) is 1.00. The maximum Gasteiger partial charge on any atom is -0.00191 e. The van der Waals surface area contributed by atoms with Crippen molar-refractivity contribution in [2.75, 3.05) is 20.1 Å². The number of rotatable bonds is 1. The van der Waals surface area contributed by atoms with Crippen LogP contribution in [0.2, 0.25) is 0 Å². The number of hydrogen-bond donors (Lipinski definition) is 0. The standard InChI is InChI=1S/C8H17N.CH4/c1-3-8-4-6-9(2)7-5-8;/h8H,3-7H2,1-2H3;1H4. The van der Waals surface area contributed by atoms with Gasteiger partial charge in [0.1, 0.15) is 0 Å². The van der Waals surface area contributed by atoms with Gasteiger partial charge in [0.2, 0.25) is 0 Å². The summed E-state index contributed by atoms with van der Waals surface area (Å²) < 4.78 is 0. The molecular formula is C9H21N. The molecule has 0 N–H and O–H groups in total. The van der Waals surface area contributed by atoms with E-state index in [9.17, 15) is 0 Å². The molecular weight excluding hydrogens is 122 g/mol. The summed E-state index contributed by atoms with van der Waals surface area (Å²) in [6.45, 7) is 4.94. The van der Waals surface area contributed by atoms with Gasteiger partial charge in [-0.1, -0.05) is 20.8 Å². The van der Waals surface area contributed by atoms with E-state index >= 15 is 0 Å². The summed E-state index contributed by atoms with van der Waals surface area (Å²) in [4.78, 5) is 2.42. The Hall–Kier alpha value is -0.0400. The topological polar surface area (TPSA) is 3.24 Å². The fourth-order valence-corrected chi connectivity index (χ4v) is 1.47. The van der Waals surface area contributed by atoms with Crippen molar-refractivity contribution in [3.8, 4) is 0 Å². The lowest BCUT2D eigenvalue weighted by atomic mass is 9.95. The highest BCUT2D eigenvalue weighted by atomic mass is 15.1. The van der Waals surface area contributed by atoms with Crippen LogP contribution in [0.5, 0.6) is 0 Å². The van der Waals surface area contributed by atoms with Gasteiger partial charge in [0, 0.05) is 0 Å². The first-order valence-corrected chi connectivity index (χ1v) is 4.01. The van der Waals surface area contributed by atoms with Crippen LogP contribution in [0.3, 0.4) is 0 Å². The predicted octanol–water partition coefficient (Wildman–Crippen LogP) is 2.37. The number of piperidine rings is 1. The van der Waals surface area contributed by atoms with Gasteiger partial charge in [-0.2, -0.15) is 0 Å². The molecule has 0 aromatic rings. The van der Waals surface area contributed by atoms with E-state index in [1.807, 2.05) is 0 Å². The minimum atomic E-state index is 0. The lowest BCUT2D eigenvalue weighted by Gasteiger charge is -2.27. The van der Waals surface area contributed by atoms with E-state index in [0.29, 0.717) is 0 Å². The van der Waals surface area contributed by atoms with Gasteiger partial charge < -0.3 is 4.90 Å². The van der Waals surface area contributed by atoms with Gasteiger partial charge in [-0.05, 0) is 38.9 Å². The second kappa shape index (κ2) is 4.73. The quantitative estimate of drug-likeness (QED) is 0.544. The average Bonchev–Trinajstić information content (AvgIpc) is 1.90. The van der Waals surface area contributed by atoms with Crippen LogP contribution in [-0.4, -0.2) is 25.0 Å². The summed E-state index contributed by atoms with van der Waals surface area (Å²) in [6, 6.07) is 0. The van der Waals surface area contributed by atoms with Crippen LogP contribution < -0.4 is 0 Å². The maximum atomic E-state index is 2.42. The molecule has 0 aromatic carbocycles. The van der Waals surface area contributed by atoms with Gasteiger partial charge in [0.05, 0.1) is 0 Å². The van der Waals surface area contributed by atoms with E-state index in [0.717, 1.165) is 5.92 Å². The van der Waals surface area contributed by atoms with Crippen LogP contribution >= 0.6 is 0 Å². The van der Waals surface area contributed by atoms with Crippen LogP contribution in [0.4, 0.5) is 0 Å². The maximum absolute atomic E-state index is 2.42. The Kier molecular flexibility index (Phi) is 4.71. The van der Waals surface area contributed by atoms with Crippen LogP contribution in [0.25, 0.3) is 0 Å². The second-order valence-electron chi connectivity index (χ2n) is 3.15. The molecule has 0 unspecified atom stereocenters. The van der Waals surface area contributed by atoms with E-state index in [1.54, 1.807) is 0 Å². The third-order valence-electron chi connectivity index (χ3n) is 2.42. The zero-order chi connectivity index (χ0) is 6.69. The molecule has 1 fully saturated rings. The Bertz CT molecular complexity index is 72.8. The molecule has 1 aliphatic heterocycles. The molecule has 62 valence electrons. The first-order valence-electron chi connectivity index (χ1n) is 4.01. The van der Waals surface area contributed by atoms with E-state index in [2.05, 4.69) is 18.9 Å². The summed E-state index contributed by atoms with van der Waals surface area (Å²) in [5, 5.41) is 0. The van der Waals surface area contributed by atoms with Crippen molar-refractivity contribution < 1.29 is 0 Å². The Morgan fingerprint density at radius 1 is 1.30 bits per heavy atom. The predicted molar refractivity (Wildman–Crippen MR) is 47.2 cm³/mol. The molecule has 0 atom stereocenters. The summed E-state index contributed by atoms with van der Waals surface area (Å²) in [5.41, 5.74) is 0. The second-order valence-corrected chi connectivity index (χ2v) is 3.15. The van der Waals surface area contributed by atoms with E-state index in [-0.39, 0.29) is 7.43 Å². The Morgan fingerprint density at radius 2 is 1.80 bits per heavy atom. The van der Waals surface area contributed by atoms with Crippen LogP contribution in [0, 0.1) is 5.92 Å². The van der Waals surface area contributed by atoms with Crippen molar-refractivity contribution in [2.24, 2.45) is 5.92 Å². The zero-order valence-electron chi connectivity index (χ0n) is 6.56. The highest BCUT2D eigenvalue weighted by Crippen LogP contribution is 2.18. The molecule has 0 bridgehead atoms. The van der Waals surface area contributed by atoms with E-state index in [1.165, 1.54) is 32.4 Å². The largest absolute Gasteiger partial charge is 0.306 e. The molecule has 1 saturated heterocycles. The van der Waals surface area contributed by atoms with Gasteiger partial charge in [-0.3, -0.25) is 0 Å². The first-order chi connectivity index (χ1) is 4.33. The third kappa shape index (κ3) is 2.70. The van der Waals surface area contributed by atoms with Crippen molar-refractivity contribution >= 4 is 0 Å². The molecule has 0 spiro atoms. The fourth-order valence-electron chi connectivity index (χ4n) is 1.47. The molecule has 1 aliphatic rings. The van der Waals surface area contributed by atoms with Gasteiger partial charge in [-0.15, -0.1) is 0 Å². The minimum Gasteiger partial charge on any atom is -0.306 e. The Labute approximate surface area is 65.4 Å². The summed E-state index contributed by atoms with van der Waals surface area (Å²) in [5.74, 6) is 1.03. The third-order valence-corrected chi connectivity index (χ3v) is 2.42. The number of likely N-dealkylation sites (tertiary alicyclic amines) is 1. The molecule has 1 nitrogen and oxygen atoms in total. The monoisotopic (exact) mass is 143 g/mol. The number of nitrogens with zero attached hydrogens (tertiary/aromatic N) is 1. The normalized spacial score (nSPS) is 22.2. The van der Waals surface area contributed by atoms with Gasteiger partial charge >= 0.3 is 0 Å². The van der Waals surface area contributed by atoms with Crippen LogP contribution in [0.1, 0.15) is 33.6 Å². The van der Waals surface area contributed by atoms with Crippen LogP contribution in [0.15, 0.2) is 0 Å². The summed E-state index contributed by atoms with van der Waals surface area (Å²) >= 11 is 0. The van der Waals surface area contributed by atoms with Gasteiger partial charge in [-0.25, -0.2) is 0 Å². The van der Waals surface area contributed by atoms with Gasteiger partial charge in [0.25, 0.3) is 0 Å². The first kappa shape index (κ1) is 9.96. The molecule has 0 aliphatic carbocycles. The summed E-state index contributed by atoms with van der Waals surface area (Å²) in [6.07, 6.45) is 4.23. The molecule has 0 amide bonds. The zero-order valence-corrected chi connectivity index (χ0v) is 6.56. The van der Waals surface area contributed by atoms with Crippen LogP contribution in [-0.2, 0) is 0 Å².